The Morgan fingerprint density at radius 3 is 3.00 bits per heavy atom. The van der Waals surface area contributed by atoms with Crippen molar-refractivity contribution in [2.75, 3.05) is 26.2 Å². The van der Waals surface area contributed by atoms with Crippen molar-refractivity contribution in [2.45, 2.75) is 25.4 Å². The first-order valence-corrected chi connectivity index (χ1v) is 7.99. The first-order chi connectivity index (χ1) is 10.6. The summed E-state index contributed by atoms with van der Waals surface area (Å²) >= 11 is 5.78. The number of aliphatic hydroxyl groups excluding tert-OH is 1. The van der Waals surface area contributed by atoms with E-state index in [4.69, 9.17) is 11.6 Å². The van der Waals surface area contributed by atoms with E-state index in [0.717, 1.165) is 44.5 Å². The fourth-order valence-electron chi connectivity index (χ4n) is 2.41. The van der Waals surface area contributed by atoms with Gasteiger partial charge in [-0.2, -0.15) is 0 Å². The summed E-state index contributed by atoms with van der Waals surface area (Å²) in [6.07, 6.45) is 7.31. The molecule has 0 bridgehead atoms. The van der Waals surface area contributed by atoms with Gasteiger partial charge >= 0.3 is 0 Å². The minimum Gasteiger partial charge on any atom is -0.393 e. The lowest BCUT2D eigenvalue weighted by Gasteiger charge is -2.29. The average Bonchev–Trinajstić information content (AvgIpc) is 2.51. The number of aliphatic hydroxyl groups is 1. The molecule has 22 heavy (non-hydrogen) atoms. The molecule has 5 nitrogen and oxygen atoms in total. The second-order valence-electron chi connectivity index (χ2n) is 5.46. The van der Waals surface area contributed by atoms with E-state index in [9.17, 15) is 9.90 Å². The van der Waals surface area contributed by atoms with Crippen molar-refractivity contribution >= 4 is 23.6 Å². The molecule has 1 aliphatic heterocycles. The summed E-state index contributed by atoms with van der Waals surface area (Å²) in [5, 5.41) is 12.7. The summed E-state index contributed by atoms with van der Waals surface area (Å²) in [6, 6.07) is 3.50. The maximum absolute atomic E-state index is 11.7. The summed E-state index contributed by atoms with van der Waals surface area (Å²) < 4.78 is 0. The molecule has 1 aliphatic rings. The zero-order chi connectivity index (χ0) is 15.8. The molecule has 2 rings (SSSR count). The van der Waals surface area contributed by atoms with Crippen LogP contribution in [0.2, 0.25) is 5.15 Å². The van der Waals surface area contributed by atoms with Crippen LogP contribution >= 0.6 is 11.6 Å². The van der Waals surface area contributed by atoms with E-state index < -0.39 is 0 Å². The van der Waals surface area contributed by atoms with Crippen LogP contribution in [0.15, 0.2) is 24.4 Å². The Kier molecular flexibility index (Phi) is 6.83. The van der Waals surface area contributed by atoms with Crippen LogP contribution in [0.25, 0.3) is 6.08 Å². The molecule has 1 saturated heterocycles. The Bertz CT molecular complexity index is 514. The Balaban J connectivity index is 1.61. The standard InChI is InChI=1S/C16H22ClN3O2/c17-15-12-13(4-8-18-15)2-3-16(22)19-7-1-9-20-10-5-14(21)6-11-20/h2-4,8,12,14,21H,1,5-7,9-11H2,(H,19,22)/b3-2+. The molecule has 1 aromatic heterocycles. The third-order valence-electron chi connectivity index (χ3n) is 3.69. The largest absolute Gasteiger partial charge is 0.393 e. The fraction of sp³-hybridized carbons (Fsp3) is 0.500. The molecule has 0 unspecified atom stereocenters. The lowest BCUT2D eigenvalue weighted by Crippen LogP contribution is -2.37. The number of halogens is 1. The normalized spacial score (nSPS) is 17.0. The van der Waals surface area contributed by atoms with Gasteiger partial charge < -0.3 is 15.3 Å². The van der Waals surface area contributed by atoms with Gasteiger partial charge in [0, 0.05) is 31.9 Å². The van der Waals surface area contributed by atoms with Crippen molar-refractivity contribution in [3.63, 3.8) is 0 Å². The maximum Gasteiger partial charge on any atom is 0.243 e. The Morgan fingerprint density at radius 1 is 1.50 bits per heavy atom. The predicted molar refractivity (Wildman–Crippen MR) is 87.6 cm³/mol. The van der Waals surface area contributed by atoms with Crippen LogP contribution in [-0.4, -0.2) is 53.2 Å². The van der Waals surface area contributed by atoms with Crippen LogP contribution in [0.3, 0.4) is 0 Å². The van der Waals surface area contributed by atoms with Gasteiger partial charge in [0.15, 0.2) is 0 Å². The molecule has 1 aromatic rings. The molecule has 1 fully saturated rings. The van der Waals surface area contributed by atoms with Gasteiger partial charge in [-0.3, -0.25) is 4.79 Å². The van der Waals surface area contributed by atoms with E-state index in [1.165, 1.54) is 6.08 Å². The fourth-order valence-corrected chi connectivity index (χ4v) is 2.59. The van der Waals surface area contributed by atoms with Gasteiger partial charge in [-0.15, -0.1) is 0 Å². The van der Waals surface area contributed by atoms with Crippen molar-refractivity contribution in [1.29, 1.82) is 0 Å². The van der Waals surface area contributed by atoms with Gasteiger partial charge in [-0.1, -0.05) is 11.6 Å². The number of carbonyl (C=O) groups excluding carboxylic acids is 1. The highest BCUT2D eigenvalue weighted by molar-refractivity contribution is 6.29. The van der Waals surface area contributed by atoms with Crippen LogP contribution in [0.4, 0.5) is 0 Å². The van der Waals surface area contributed by atoms with Crippen molar-refractivity contribution < 1.29 is 9.90 Å². The van der Waals surface area contributed by atoms with Crippen LogP contribution in [0.1, 0.15) is 24.8 Å². The zero-order valence-electron chi connectivity index (χ0n) is 12.5. The first kappa shape index (κ1) is 16.9. The third-order valence-corrected chi connectivity index (χ3v) is 3.89. The van der Waals surface area contributed by atoms with Crippen molar-refractivity contribution in [2.24, 2.45) is 0 Å². The molecule has 0 aliphatic carbocycles. The average molecular weight is 324 g/mol. The van der Waals surface area contributed by atoms with E-state index >= 15 is 0 Å². The molecule has 0 atom stereocenters. The summed E-state index contributed by atoms with van der Waals surface area (Å²) in [7, 11) is 0. The van der Waals surface area contributed by atoms with Crippen molar-refractivity contribution in [1.82, 2.24) is 15.2 Å². The third kappa shape index (κ3) is 6.13. The smallest absolute Gasteiger partial charge is 0.243 e. The second kappa shape index (κ2) is 8.88. The number of likely N-dealkylation sites (tertiary alicyclic amines) is 1. The number of aromatic nitrogens is 1. The number of amides is 1. The number of rotatable bonds is 6. The molecule has 0 radical (unpaired) electrons. The van der Waals surface area contributed by atoms with Crippen molar-refractivity contribution in [3.8, 4) is 0 Å². The molecular formula is C16H22ClN3O2. The van der Waals surface area contributed by atoms with Gasteiger partial charge in [-0.25, -0.2) is 4.98 Å². The Hall–Kier alpha value is -1.43. The highest BCUT2D eigenvalue weighted by Gasteiger charge is 2.15. The number of pyridine rings is 1. The van der Waals surface area contributed by atoms with Gasteiger partial charge in [0.2, 0.25) is 5.91 Å². The number of piperidine rings is 1. The summed E-state index contributed by atoms with van der Waals surface area (Å²) in [5.74, 6) is -0.109. The molecule has 1 amide bonds. The minimum absolute atomic E-state index is 0.109. The Morgan fingerprint density at radius 2 is 2.27 bits per heavy atom. The van der Waals surface area contributed by atoms with Crippen molar-refractivity contribution in [3.05, 3.63) is 35.1 Å². The molecule has 0 spiro atoms. The maximum atomic E-state index is 11.7. The second-order valence-corrected chi connectivity index (χ2v) is 5.85. The van der Waals surface area contributed by atoms with Crippen LogP contribution in [-0.2, 0) is 4.79 Å². The van der Waals surface area contributed by atoms with Crippen LogP contribution < -0.4 is 5.32 Å². The van der Waals surface area contributed by atoms with Gasteiger partial charge in [0.25, 0.3) is 0 Å². The lowest BCUT2D eigenvalue weighted by atomic mass is 10.1. The van der Waals surface area contributed by atoms with E-state index in [-0.39, 0.29) is 12.0 Å². The topological polar surface area (TPSA) is 65.5 Å². The molecule has 0 saturated carbocycles. The van der Waals surface area contributed by atoms with Crippen LogP contribution in [0.5, 0.6) is 0 Å². The quantitative estimate of drug-likeness (QED) is 0.475. The number of hydrogen-bond acceptors (Lipinski definition) is 4. The van der Waals surface area contributed by atoms with Gasteiger partial charge in [-0.05, 0) is 49.6 Å². The number of hydrogen-bond donors (Lipinski definition) is 2. The molecule has 120 valence electrons. The first-order valence-electron chi connectivity index (χ1n) is 7.61. The summed E-state index contributed by atoms with van der Waals surface area (Å²) in [5.41, 5.74) is 0.849. The van der Waals surface area contributed by atoms with Gasteiger partial charge in [0.1, 0.15) is 5.15 Å². The predicted octanol–water partition coefficient (Wildman–Crippen LogP) is 1.71. The molecule has 0 aromatic carbocycles. The SMILES string of the molecule is O=C(/C=C/c1ccnc(Cl)c1)NCCCN1CCC(O)CC1. The minimum atomic E-state index is -0.136. The molecule has 2 N–H and O–H groups in total. The Labute approximate surface area is 136 Å². The highest BCUT2D eigenvalue weighted by atomic mass is 35.5. The number of carbonyl (C=O) groups is 1. The number of nitrogens with zero attached hydrogens (tertiary/aromatic N) is 2. The summed E-state index contributed by atoms with van der Waals surface area (Å²) in [4.78, 5) is 17.9. The van der Waals surface area contributed by atoms with E-state index in [0.29, 0.717) is 11.7 Å². The lowest BCUT2D eigenvalue weighted by molar-refractivity contribution is -0.116. The highest BCUT2D eigenvalue weighted by Crippen LogP contribution is 2.10. The van der Waals surface area contributed by atoms with Crippen LogP contribution in [0, 0.1) is 0 Å². The molecule has 6 heteroatoms. The van der Waals surface area contributed by atoms with E-state index in [2.05, 4.69) is 15.2 Å². The van der Waals surface area contributed by atoms with E-state index in [1.54, 1.807) is 24.4 Å². The summed E-state index contributed by atoms with van der Waals surface area (Å²) in [6.45, 7) is 3.49. The van der Waals surface area contributed by atoms with E-state index in [1.807, 2.05) is 0 Å². The number of nitrogens with one attached hydrogen (secondary N) is 1. The monoisotopic (exact) mass is 323 g/mol. The molecule has 2 heterocycles. The van der Waals surface area contributed by atoms with Gasteiger partial charge in [0.05, 0.1) is 6.10 Å². The molecular weight excluding hydrogens is 302 g/mol. The zero-order valence-corrected chi connectivity index (χ0v) is 13.3.